The molecule has 28 heavy (non-hydrogen) atoms. The van der Waals surface area contributed by atoms with E-state index in [1.54, 1.807) is 37.3 Å². The summed E-state index contributed by atoms with van der Waals surface area (Å²) in [6, 6.07) is 13.2. The third-order valence-electron chi connectivity index (χ3n) is 4.49. The van der Waals surface area contributed by atoms with E-state index < -0.39 is 16.0 Å². The first-order chi connectivity index (χ1) is 13.4. The first-order valence-corrected chi connectivity index (χ1v) is 10.2. The molecule has 0 aromatic heterocycles. The van der Waals surface area contributed by atoms with Crippen LogP contribution >= 0.6 is 0 Å². The van der Waals surface area contributed by atoms with Gasteiger partial charge in [0.1, 0.15) is 6.61 Å². The highest BCUT2D eigenvalue weighted by atomic mass is 32.2. The summed E-state index contributed by atoms with van der Waals surface area (Å²) in [4.78, 5) is 12.6. The van der Waals surface area contributed by atoms with Crippen LogP contribution in [0.3, 0.4) is 0 Å². The van der Waals surface area contributed by atoms with Crippen LogP contribution in [0.15, 0.2) is 47.4 Å². The predicted octanol–water partition coefficient (Wildman–Crippen LogP) is 2.24. The Morgan fingerprint density at radius 3 is 2.50 bits per heavy atom. The molecule has 0 N–H and O–H groups in total. The zero-order chi connectivity index (χ0) is 20.1. The van der Waals surface area contributed by atoms with E-state index in [0.717, 1.165) is 5.56 Å². The minimum absolute atomic E-state index is 0.0322. The molecule has 0 atom stereocenters. The van der Waals surface area contributed by atoms with Crippen molar-refractivity contribution in [3.05, 3.63) is 64.7 Å². The molecule has 2 aromatic rings. The van der Waals surface area contributed by atoms with Crippen molar-refractivity contribution in [2.45, 2.75) is 18.4 Å². The fraction of sp³-hybridized carbons (Fsp3) is 0.300. The summed E-state index contributed by atoms with van der Waals surface area (Å²) in [5.74, 6) is -0.596. The van der Waals surface area contributed by atoms with Gasteiger partial charge in [0.2, 0.25) is 10.0 Å². The van der Waals surface area contributed by atoms with Crippen molar-refractivity contribution in [2.75, 3.05) is 26.3 Å². The average molecular weight is 400 g/mol. The van der Waals surface area contributed by atoms with Crippen molar-refractivity contribution in [1.29, 1.82) is 5.26 Å². The molecule has 3 rings (SSSR count). The summed E-state index contributed by atoms with van der Waals surface area (Å²) in [6.45, 7) is 3.03. The topological polar surface area (TPSA) is 96.7 Å². The first-order valence-electron chi connectivity index (χ1n) is 8.76. The van der Waals surface area contributed by atoms with Gasteiger partial charge in [0.05, 0.1) is 35.3 Å². The van der Waals surface area contributed by atoms with E-state index in [9.17, 15) is 13.2 Å². The molecule has 0 unspecified atom stereocenters. The molecule has 0 aliphatic carbocycles. The zero-order valence-electron chi connectivity index (χ0n) is 15.4. The lowest BCUT2D eigenvalue weighted by atomic mass is 10.1. The van der Waals surface area contributed by atoms with E-state index in [1.807, 2.05) is 6.07 Å². The molecule has 0 radical (unpaired) electrons. The SMILES string of the molecule is Cc1ccc(S(=O)(=O)N2CCOCC2)cc1C(=O)OCc1ccc(C#N)cc1. The summed E-state index contributed by atoms with van der Waals surface area (Å²) >= 11 is 0. The molecule has 2 aromatic carbocycles. The number of carbonyl (C=O) groups is 1. The monoisotopic (exact) mass is 400 g/mol. The standard InChI is InChI=1S/C20H20N2O5S/c1-15-2-7-18(28(24,25)22-8-10-26-11-9-22)12-19(15)20(23)27-14-17-5-3-16(13-21)4-6-17/h2-7,12H,8-11,14H2,1H3. The van der Waals surface area contributed by atoms with Gasteiger partial charge in [-0.05, 0) is 42.3 Å². The highest BCUT2D eigenvalue weighted by molar-refractivity contribution is 7.89. The van der Waals surface area contributed by atoms with Gasteiger partial charge in [0.15, 0.2) is 0 Å². The van der Waals surface area contributed by atoms with Crippen LogP contribution < -0.4 is 0 Å². The Morgan fingerprint density at radius 2 is 1.86 bits per heavy atom. The number of hydrogen-bond donors (Lipinski definition) is 0. The van der Waals surface area contributed by atoms with Gasteiger partial charge in [-0.15, -0.1) is 0 Å². The van der Waals surface area contributed by atoms with Crippen molar-refractivity contribution in [3.63, 3.8) is 0 Å². The molecule has 1 aliphatic rings. The number of benzene rings is 2. The number of morpholine rings is 1. The smallest absolute Gasteiger partial charge is 0.338 e. The van der Waals surface area contributed by atoms with Crippen LogP contribution in [0.2, 0.25) is 0 Å². The van der Waals surface area contributed by atoms with Crippen molar-refractivity contribution in [3.8, 4) is 6.07 Å². The molecule has 0 bridgehead atoms. The lowest BCUT2D eigenvalue weighted by Gasteiger charge is -2.26. The third-order valence-corrected chi connectivity index (χ3v) is 6.38. The van der Waals surface area contributed by atoms with Crippen molar-refractivity contribution in [1.82, 2.24) is 4.31 Å². The van der Waals surface area contributed by atoms with Crippen LogP contribution in [0, 0.1) is 18.3 Å². The van der Waals surface area contributed by atoms with Crippen LogP contribution in [0.5, 0.6) is 0 Å². The minimum atomic E-state index is -3.69. The number of ether oxygens (including phenoxy) is 2. The van der Waals surface area contributed by atoms with E-state index in [4.69, 9.17) is 14.7 Å². The maximum Gasteiger partial charge on any atom is 0.338 e. The Morgan fingerprint density at radius 1 is 1.18 bits per heavy atom. The summed E-state index contributed by atoms with van der Waals surface area (Å²) in [5.41, 5.74) is 2.10. The first kappa shape index (κ1) is 20.0. The largest absolute Gasteiger partial charge is 0.457 e. The second-order valence-electron chi connectivity index (χ2n) is 6.38. The third kappa shape index (κ3) is 4.39. The number of carbonyl (C=O) groups excluding carboxylic acids is 1. The van der Waals surface area contributed by atoms with E-state index in [0.29, 0.717) is 24.3 Å². The maximum absolute atomic E-state index is 12.8. The van der Waals surface area contributed by atoms with Gasteiger partial charge < -0.3 is 9.47 Å². The van der Waals surface area contributed by atoms with Gasteiger partial charge in [-0.2, -0.15) is 9.57 Å². The molecule has 1 aliphatic heterocycles. The molecule has 1 saturated heterocycles. The maximum atomic E-state index is 12.8. The molecule has 1 fully saturated rings. The summed E-state index contributed by atoms with van der Waals surface area (Å²) in [7, 11) is -3.69. The molecule has 8 heteroatoms. The van der Waals surface area contributed by atoms with E-state index in [2.05, 4.69) is 0 Å². The highest BCUT2D eigenvalue weighted by Gasteiger charge is 2.27. The Kier molecular flexibility index (Phi) is 6.09. The summed E-state index contributed by atoms with van der Waals surface area (Å²) < 4.78 is 37.5. The van der Waals surface area contributed by atoms with Crippen molar-refractivity contribution >= 4 is 16.0 Å². The number of rotatable bonds is 5. The van der Waals surface area contributed by atoms with Crippen LogP contribution in [0.4, 0.5) is 0 Å². The Labute approximate surface area is 164 Å². The quantitative estimate of drug-likeness (QED) is 0.714. The Bertz CT molecular complexity index is 1000. The predicted molar refractivity (Wildman–Crippen MR) is 101 cm³/mol. The summed E-state index contributed by atoms with van der Waals surface area (Å²) in [6.07, 6.45) is 0. The van der Waals surface area contributed by atoms with Crippen LogP contribution in [-0.4, -0.2) is 45.0 Å². The molecule has 7 nitrogen and oxygen atoms in total. The second-order valence-corrected chi connectivity index (χ2v) is 8.32. The fourth-order valence-electron chi connectivity index (χ4n) is 2.82. The number of esters is 1. The van der Waals surface area contributed by atoms with E-state index >= 15 is 0 Å². The average Bonchev–Trinajstić information content (AvgIpc) is 2.73. The van der Waals surface area contributed by atoms with Gasteiger partial charge in [0.25, 0.3) is 0 Å². The molecule has 0 spiro atoms. The van der Waals surface area contributed by atoms with Crippen LogP contribution in [-0.2, 0) is 26.1 Å². The highest BCUT2D eigenvalue weighted by Crippen LogP contribution is 2.21. The molecular weight excluding hydrogens is 380 g/mol. The number of nitriles is 1. The Balaban J connectivity index is 1.76. The van der Waals surface area contributed by atoms with Crippen molar-refractivity contribution < 1.29 is 22.7 Å². The van der Waals surface area contributed by atoms with Gasteiger partial charge in [0, 0.05) is 13.1 Å². The number of aryl methyl sites for hydroxylation is 1. The number of hydrogen-bond acceptors (Lipinski definition) is 6. The van der Waals surface area contributed by atoms with Gasteiger partial charge in [-0.25, -0.2) is 13.2 Å². The molecule has 146 valence electrons. The second kappa shape index (κ2) is 8.52. The normalized spacial score (nSPS) is 15.0. The van der Waals surface area contributed by atoms with Gasteiger partial charge in [-0.1, -0.05) is 18.2 Å². The van der Waals surface area contributed by atoms with Gasteiger partial charge in [-0.3, -0.25) is 0 Å². The van der Waals surface area contributed by atoms with Gasteiger partial charge >= 0.3 is 5.97 Å². The molecule has 0 saturated carbocycles. The Hall–Kier alpha value is -2.73. The fourth-order valence-corrected chi connectivity index (χ4v) is 4.25. The van der Waals surface area contributed by atoms with Crippen LogP contribution in [0.1, 0.15) is 27.0 Å². The lowest BCUT2D eigenvalue weighted by molar-refractivity contribution is 0.0471. The number of nitrogens with zero attached hydrogens (tertiary/aromatic N) is 2. The molecule has 0 amide bonds. The summed E-state index contributed by atoms with van der Waals surface area (Å²) in [5, 5.41) is 8.82. The van der Waals surface area contributed by atoms with Crippen molar-refractivity contribution in [2.24, 2.45) is 0 Å². The molecular formula is C20H20N2O5S. The minimum Gasteiger partial charge on any atom is -0.457 e. The van der Waals surface area contributed by atoms with E-state index in [1.165, 1.54) is 16.4 Å². The van der Waals surface area contributed by atoms with Crippen LogP contribution in [0.25, 0.3) is 0 Å². The number of sulfonamides is 1. The zero-order valence-corrected chi connectivity index (χ0v) is 16.2. The molecule has 1 heterocycles. The lowest BCUT2D eigenvalue weighted by Crippen LogP contribution is -2.40. The van der Waals surface area contributed by atoms with E-state index in [-0.39, 0.29) is 30.2 Å².